The lowest BCUT2D eigenvalue weighted by molar-refractivity contribution is -0.126. The number of carbonyl (C=O) groups excluding carboxylic acids is 2. The molecule has 0 atom stereocenters. The van der Waals surface area contributed by atoms with E-state index in [4.69, 9.17) is 4.74 Å². The van der Waals surface area contributed by atoms with E-state index in [2.05, 4.69) is 15.8 Å². The van der Waals surface area contributed by atoms with Crippen LogP contribution in [-0.4, -0.2) is 24.6 Å². The molecule has 0 aliphatic rings. The lowest BCUT2D eigenvalue weighted by Gasteiger charge is -2.08. The van der Waals surface area contributed by atoms with Gasteiger partial charge in [-0.1, -0.05) is 29.8 Å². The van der Waals surface area contributed by atoms with Gasteiger partial charge in [-0.25, -0.2) is 5.43 Å². The maximum Gasteiger partial charge on any atom is 0.249 e. The van der Waals surface area contributed by atoms with E-state index in [1.807, 2.05) is 63.2 Å². The van der Waals surface area contributed by atoms with Crippen molar-refractivity contribution in [3.8, 4) is 5.75 Å². The van der Waals surface area contributed by atoms with Crippen molar-refractivity contribution >= 4 is 23.7 Å². The number of hydrazone groups is 1. The van der Waals surface area contributed by atoms with Gasteiger partial charge in [0.05, 0.1) is 12.8 Å². The summed E-state index contributed by atoms with van der Waals surface area (Å²) in [5, 5.41) is 6.60. The second-order valence-electron chi connectivity index (χ2n) is 5.84. The first-order valence-electron chi connectivity index (χ1n) is 8.40. The predicted octanol–water partition coefficient (Wildman–Crippen LogP) is 3.18. The van der Waals surface area contributed by atoms with E-state index in [9.17, 15) is 9.59 Å². The van der Waals surface area contributed by atoms with E-state index in [1.165, 1.54) is 6.21 Å². The van der Waals surface area contributed by atoms with Crippen LogP contribution in [0.4, 0.5) is 5.69 Å². The highest BCUT2D eigenvalue weighted by atomic mass is 16.5. The average molecular weight is 353 g/mol. The van der Waals surface area contributed by atoms with Crippen LogP contribution < -0.4 is 15.5 Å². The third-order valence-corrected chi connectivity index (χ3v) is 3.55. The molecule has 0 heterocycles. The van der Waals surface area contributed by atoms with Gasteiger partial charge in [0, 0.05) is 5.69 Å². The molecule has 6 nitrogen and oxygen atoms in total. The molecule has 26 heavy (non-hydrogen) atoms. The lowest BCUT2D eigenvalue weighted by atomic mass is 10.1. The zero-order valence-corrected chi connectivity index (χ0v) is 15.2. The normalized spacial score (nSPS) is 10.6. The number of ether oxygens (including phenoxy) is 1. The van der Waals surface area contributed by atoms with Crippen LogP contribution in [0.3, 0.4) is 0 Å². The summed E-state index contributed by atoms with van der Waals surface area (Å²) in [6.45, 7) is 6.37. The molecule has 2 N–H and O–H groups in total. The van der Waals surface area contributed by atoms with Crippen LogP contribution in [0.5, 0.6) is 5.75 Å². The molecule has 2 amide bonds. The van der Waals surface area contributed by atoms with Crippen LogP contribution in [0.1, 0.15) is 30.0 Å². The first-order valence-corrected chi connectivity index (χ1v) is 8.40. The van der Waals surface area contributed by atoms with E-state index in [0.29, 0.717) is 12.3 Å². The Hall–Kier alpha value is -3.15. The molecular formula is C20H23N3O3. The Kier molecular flexibility index (Phi) is 6.91. The largest absolute Gasteiger partial charge is 0.494 e. The molecule has 0 saturated heterocycles. The van der Waals surface area contributed by atoms with Gasteiger partial charge in [0.25, 0.3) is 0 Å². The number of benzene rings is 2. The maximum absolute atomic E-state index is 12.0. The van der Waals surface area contributed by atoms with Crippen LogP contribution >= 0.6 is 0 Å². The zero-order valence-electron chi connectivity index (χ0n) is 15.2. The number of aryl methyl sites for hydroxylation is 2. The summed E-state index contributed by atoms with van der Waals surface area (Å²) in [6.07, 6.45) is 1.20. The SMILES string of the molecule is CCOc1cccc(C=NNC(=O)CC(=O)Nc2ccc(C)cc2C)c1. The summed E-state index contributed by atoms with van der Waals surface area (Å²) >= 11 is 0. The summed E-state index contributed by atoms with van der Waals surface area (Å²) in [6, 6.07) is 13.0. The van der Waals surface area contributed by atoms with Gasteiger partial charge in [-0.2, -0.15) is 5.10 Å². The molecule has 0 radical (unpaired) electrons. The van der Waals surface area contributed by atoms with Gasteiger partial charge < -0.3 is 10.1 Å². The standard InChI is InChI=1S/C20H23N3O3/c1-4-26-17-7-5-6-16(11-17)13-21-23-20(25)12-19(24)22-18-9-8-14(2)10-15(18)3/h5-11,13H,4,12H2,1-3H3,(H,22,24)(H,23,25). The molecule has 2 rings (SSSR count). The zero-order chi connectivity index (χ0) is 18.9. The first-order chi connectivity index (χ1) is 12.5. The number of rotatable bonds is 7. The first kappa shape index (κ1) is 19.2. The van der Waals surface area contributed by atoms with Gasteiger partial charge in [-0.3, -0.25) is 9.59 Å². The van der Waals surface area contributed by atoms with Crippen molar-refractivity contribution in [2.24, 2.45) is 5.10 Å². The van der Waals surface area contributed by atoms with E-state index < -0.39 is 5.91 Å². The van der Waals surface area contributed by atoms with Crippen LogP contribution in [0, 0.1) is 13.8 Å². The summed E-state index contributed by atoms with van der Waals surface area (Å²) < 4.78 is 5.40. The van der Waals surface area contributed by atoms with Crippen molar-refractivity contribution in [1.29, 1.82) is 0 Å². The number of carbonyl (C=O) groups is 2. The summed E-state index contributed by atoms with van der Waals surface area (Å²) in [5.74, 6) is -0.136. The number of amides is 2. The van der Waals surface area contributed by atoms with Crippen molar-refractivity contribution in [2.45, 2.75) is 27.2 Å². The Labute approximate surface area is 153 Å². The van der Waals surface area contributed by atoms with Gasteiger partial charge in [-0.05, 0) is 50.1 Å². The number of hydrogen-bond acceptors (Lipinski definition) is 4. The third-order valence-electron chi connectivity index (χ3n) is 3.55. The van der Waals surface area contributed by atoms with Gasteiger partial charge in [0.1, 0.15) is 12.2 Å². The minimum absolute atomic E-state index is 0.302. The smallest absolute Gasteiger partial charge is 0.249 e. The fourth-order valence-electron chi connectivity index (χ4n) is 2.36. The molecule has 6 heteroatoms. The Bertz CT molecular complexity index is 816. The Morgan fingerprint density at radius 3 is 2.65 bits per heavy atom. The maximum atomic E-state index is 12.0. The molecule has 0 fully saturated rings. The molecule has 0 saturated carbocycles. The van der Waals surface area contributed by atoms with Gasteiger partial charge in [0.2, 0.25) is 11.8 Å². The Morgan fingerprint density at radius 2 is 1.92 bits per heavy atom. The highest BCUT2D eigenvalue weighted by molar-refractivity contribution is 6.04. The van der Waals surface area contributed by atoms with Crippen LogP contribution in [-0.2, 0) is 9.59 Å². The van der Waals surface area contributed by atoms with Gasteiger partial charge in [0.15, 0.2) is 0 Å². The monoisotopic (exact) mass is 353 g/mol. The Morgan fingerprint density at radius 1 is 1.12 bits per heavy atom. The molecule has 0 aromatic heterocycles. The number of nitrogens with zero attached hydrogens (tertiary/aromatic N) is 1. The van der Waals surface area contributed by atoms with Crippen molar-refractivity contribution in [1.82, 2.24) is 5.43 Å². The van der Waals surface area contributed by atoms with Crippen LogP contribution in [0.25, 0.3) is 0 Å². The summed E-state index contributed by atoms with van der Waals surface area (Å²) in [5.41, 5.74) is 5.90. The molecule has 0 bridgehead atoms. The Balaban J connectivity index is 1.84. The molecule has 0 aliphatic heterocycles. The van der Waals surface area contributed by atoms with Crippen molar-refractivity contribution in [3.05, 3.63) is 59.2 Å². The number of anilines is 1. The minimum atomic E-state index is -0.482. The fourth-order valence-corrected chi connectivity index (χ4v) is 2.36. The van der Waals surface area contributed by atoms with E-state index in [0.717, 1.165) is 22.4 Å². The van der Waals surface area contributed by atoms with E-state index in [1.54, 1.807) is 0 Å². The number of nitrogens with one attached hydrogen (secondary N) is 2. The average Bonchev–Trinajstić information content (AvgIpc) is 2.58. The topological polar surface area (TPSA) is 79.8 Å². The second-order valence-corrected chi connectivity index (χ2v) is 5.84. The van der Waals surface area contributed by atoms with Crippen LogP contribution in [0.2, 0.25) is 0 Å². The molecule has 136 valence electrons. The highest BCUT2D eigenvalue weighted by Gasteiger charge is 2.10. The molecule has 2 aromatic rings. The van der Waals surface area contributed by atoms with Crippen molar-refractivity contribution in [2.75, 3.05) is 11.9 Å². The summed E-state index contributed by atoms with van der Waals surface area (Å²) in [4.78, 5) is 23.8. The molecule has 2 aromatic carbocycles. The predicted molar refractivity (Wildman–Crippen MR) is 103 cm³/mol. The lowest BCUT2D eigenvalue weighted by Crippen LogP contribution is -2.24. The van der Waals surface area contributed by atoms with Gasteiger partial charge in [-0.15, -0.1) is 0 Å². The molecular weight excluding hydrogens is 330 g/mol. The second kappa shape index (κ2) is 9.36. The van der Waals surface area contributed by atoms with Crippen molar-refractivity contribution < 1.29 is 14.3 Å². The van der Waals surface area contributed by atoms with E-state index >= 15 is 0 Å². The van der Waals surface area contributed by atoms with Gasteiger partial charge >= 0.3 is 0 Å². The molecule has 0 aliphatic carbocycles. The third kappa shape index (κ3) is 6.05. The van der Waals surface area contributed by atoms with Crippen molar-refractivity contribution in [3.63, 3.8) is 0 Å². The fraction of sp³-hybridized carbons (Fsp3) is 0.250. The van der Waals surface area contributed by atoms with E-state index in [-0.39, 0.29) is 12.3 Å². The highest BCUT2D eigenvalue weighted by Crippen LogP contribution is 2.16. The minimum Gasteiger partial charge on any atom is -0.494 e. The quantitative estimate of drug-likeness (QED) is 0.456. The van der Waals surface area contributed by atoms with Crippen LogP contribution in [0.15, 0.2) is 47.6 Å². The summed E-state index contributed by atoms with van der Waals surface area (Å²) in [7, 11) is 0. The number of hydrogen-bond donors (Lipinski definition) is 2. The molecule has 0 unspecified atom stereocenters. The molecule has 0 spiro atoms.